The number of carboxylic acid groups (broad SMARTS) is 2. The van der Waals surface area contributed by atoms with Crippen LogP contribution >= 0.6 is 0 Å². The van der Waals surface area contributed by atoms with E-state index in [0.717, 1.165) is 94.8 Å². The molecule has 11 heteroatoms. The van der Waals surface area contributed by atoms with Gasteiger partial charge in [0.05, 0.1) is 34.7 Å². The summed E-state index contributed by atoms with van der Waals surface area (Å²) in [5.74, 6) is -4.99. The number of nitrogens with zero attached hydrogens (tertiary/aromatic N) is 2. The molecule has 0 aliphatic rings. The van der Waals surface area contributed by atoms with Gasteiger partial charge in [-0.2, -0.15) is 0 Å². The van der Waals surface area contributed by atoms with Crippen LogP contribution in [-0.2, 0) is 55.0 Å². The van der Waals surface area contributed by atoms with Gasteiger partial charge in [0.25, 0.3) is 0 Å². The second-order valence-corrected chi connectivity index (χ2v) is 16.5. The zero-order chi connectivity index (χ0) is 48.3. The number of phenols is 4. The van der Waals surface area contributed by atoms with Crippen molar-refractivity contribution in [1.29, 1.82) is 0 Å². The fourth-order valence-electron chi connectivity index (χ4n) is 7.41. The number of aromatic carboxylic acids is 2. The first-order chi connectivity index (χ1) is 31.2. The average molecular weight is 952 g/mol. The number of benzene rings is 4. The van der Waals surface area contributed by atoms with E-state index in [1.165, 1.54) is 83.6 Å². The quantitative estimate of drug-likeness (QED) is 0.0231. The number of carbonyl (C=O) groups excluding carboxylic acids is 2. The summed E-state index contributed by atoms with van der Waals surface area (Å²) in [6.45, 7) is 17.5. The number of aryl methyl sites for hydroxylation is 6. The van der Waals surface area contributed by atoms with E-state index in [-0.39, 0.29) is 27.6 Å². The van der Waals surface area contributed by atoms with Crippen LogP contribution in [0.5, 0.6) is 23.0 Å². The summed E-state index contributed by atoms with van der Waals surface area (Å²) in [4.78, 5) is 32.2. The van der Waals surface area contributed by atoms with Crippen molar-refractivity contribution in [1.82, 2.24) is 0 Å². The van der Waals surface area contributed by atoms with Crippen LogP contribution in [0.25, 0.3) is 0 Å². The summed E-state index contributed by atoms with van der Waals surface area (Å²) in [6.07, 6.45) is 19.0. The molecule has 0 unspecified atom stereocenters. The van der Waals surface area contributed by atoms with Gasteiger partial charge in [0.1, 0.15) is 0 Å². The van der Waals surface area contributed by atoms with Gasteiger partial charge in [-0.05, 0) is 147 Å². The van der Waals surface area contributed by atoms with Gasteiger partial charge in [-0.3, -0.25) is 9.98 Å². The minimum atomic E-state index is -1.46. The Morgan fingerprint density at radius 2 is 0.773 bits per heavy atom. The van der Waals surface area contributed by atoms with Crippen molar-refractivity contribution in [3.63, 3.8) is 0 Å². The third-order valence-electron chi connectivity index (χ3n) is 11.3. The molecule has 0 heterocycles. The van der Waals surface area contributed by atoms with Crippen LogP contribution in [0.4, 0.5) is 11.4 Å². The van der Waals surface area contributed by atoms with E-state index in [4.69, 9.17) is 9.98 Å². The SMILES string of the molecule is CCCCCC(=Nc1cc(CC)cc(CC)c1)C(CCCC)=Nc1cc(CC)cc(CC)c1.CCCCCc1ccc(O)c(O)c1C(=O)[O-].CCCCCc1ccc(O)c(O)c1C(=O)[O-].[Ni+2]. The molecule has 364 valence electrons. The molecule has 0 atom stereocenters. The molecule has 10 nitrogen and oxygen atoms in total. The molecular formula is C55H76N2NiO8. The molecule has 0 saturated heterocycles. The van der Waals surface area contributed by atoms with Gasteiger partial charge >= 0.3 is 16.5 Å². The van der Waals surface area contributed by atoms with E-state index in [2.05, 4.69) is 77.9 Å². The minimum absolute atomic E-state index is 0. The Morgan fingerprint density at radius 3 is 1.08 bits per heavy atom. The van der Waals surface area contributed by atoms with Crippen LogP contribution in [0.15, 0.2) is 70.6 Å². The van der Waals surface area contributed by atoms with E-state index in [1.807, 2.05) is 13.8 Å². The normalized spacial score (nSPS) is 11.2. The first-order valence-electron chi connectivity index (χ1n) is 24.1. The summed E-state index contributed by atoms with van der Waals surface area (Å²) in [5, 5.41) is 59.0. The topological polar surface area (TPSA) is 186 Å². The smallest absolute Gasteiger partial charge is 0.545 e. The number of aromatic hydroxyl groups is 4. The second-order valence-electron chi connectivity index (χ2n) is 16.5. The van der Waals surface area contributed by atoms with Gasteiger partial charge in [-0.15, -0.1) is 0 Å². The van der Waals surface area contributed by atoms with Crippen molar-refractivity contribution in [3.05, 3.63) is 105 Å². The van der Waals surface area contributed by atoms with Gasteiger partial charge in [0.15, 0.2) is 23.0 Å². The third-order valence-corrected chi connectivity index (χ3v) is 11.3. The first kappa shape index (κ1) is 58.9. The molecule has 0 bridgehead atoms. The van der Waals surface area contributed by atoms with E-state index in [0.29, 0.717) is 24.0 Å². The Balaban J connectivity index is 0.000000551. The fraction of sp³-hybridized carbons (Fsp3) is 0.491. The van der Waals surface area contributed by atoms with Crippen LogP contribution in [0.3, 0.4) is 0 Å². The van der Waals surface area contributed by atoms with Crippen LogP contribution in [-0.4, -0.2) is 43.8 Å². The molecular weight excluding hydrogens is 875 g/mol. The summed E-state index contributed by atoms with van der Waals surface area (Å²) < 4.78 is 0. The van der Waals surface area contributed by atoms with Crippen LogP contribution < -0.4 is 10.2 Å². The van der Waals surface area contributed by atoms with Gasteiger partial charge < -0.3 is 40.2 Å². The van der Waals surface area contributed by atoms with Gasteiger partial charge in [-0.1, -0.05) is 125 Å². The average Bonchev–Trinajstić information content (AvgIpc) is 3.29. The number of hydrogen-bond acceptors (Lipinski definition) is 10. The number of unbranched alkanes of at least 4 members (excludes halogenated alkanes) is 7. The molecule has 0 saturated carbocycles. The van der Waals surface area contributed by atoms with Gasteiger partial charge in [-0.25, -0.2) is 0 Å². The van der Waals surface area contributed by atoms with Crippen molar-refractivity contribution < 1.29 is 56.7 Å². The molecule has 0 aromatic heterocycles. The molecule has 0 spiro atoms. The van der Waals surface area contributed by atoms with E-state index < -0.39 is 34.9 Å². The fourth-order valence-corrected chi connectivity index (χ4v) is 7.41. The predicted octanol–water partition coefficient (Wildman–Crippen LogP) is 11.9. The number of carboxylic acids is 2. The predicted molar refractivity (Wildman–Crippen MR) is 263 cm³/mol. The maximum absolute atomic E-state index is 10.8. The molecule has 4 aromatic carbocycles. The van der Waals surface area contributed by atoms with Crippen molar-refractivity contribution in [2.45, 2.75) is 177 Å². The van der Waals surface area contributed by atoms with Crippen molar-refractivity contribution in [3.8, 4) is 23.0 Å². The van der Waals surface area contributed by atoms with Crippen molar-refractivity contribution in [2.24, 2.45) is 9.98 Å². The van der Waals surface area contributed by atoms with Crippen LogP contribution in [0.2, 0.25) is 0 Å². The van der Waals surface area contributed by atoms with Gasteiger partial charge in [0, 0.05) is 11.1 Å². The second kappa shape index (κ2) is 32.5. The van der Waals surface area contributed by atoms with Crippen LogP contribution in [0, 0.1) is 0 Å². The van der Waals surface area contributed by atoms with Gasteiger partial charge in [0.2, 0.25) is 0 Å². The Bertz CT molecular complexity index is 2040. The molecule has 0 fully saturated rings. The molecule has 66 heavy (non-hydrogen) atoms. The summed E-state index contributed by atoms with van der Waals surface area (Å²) >= 11 is 0. The Kier molecular flexibility index (Phi) is 29.0. The summed E-state index contributed by atoms with van der Waals surface area (Å²) in [6, 6.07) is 19.3. The molecule has 0 aliphatic heterocycles. The molecule has 4 rings (SSSR count). The Labute approximate surface area is 405 Å². The van der Waals surface area contributed by atoms with Crippen molar-refractivity contribution >= 4 is 34.7 Å². The summed E-state index contributed by atoms with van der Waals surface area (Å²) in [5.41, 5.74) is 10.5. The maximum atomic E-state index is 10.8. The zero-order valence-corrected chi connectivity index (χ0v) is 41.8. The third kappa shape index (κ3) is 19.8. The minimum Gasteiger partial charge on any atom is -0.545 e. The standard InChI is InChI=1S/C31H46N2.2C12H16O4.Ni/c1-7-13-15-17-31(33-29-22-26(11-5)19-27(12-6)23-29)30(16-14-8-2)32-28-20-24(9-3)18-25(10-4)21-28;2*1-2-3-4-5-8-6-7-9(13)11(14)10(8)12(15)16;/h18-23H,7-17H2,1-6H3;2*6-7,13-14H,2-5H2,1H3,(H,15,16);/q;;;+2/p-2. The molecule has 4 aromatic rings. The molecule has 0 aliphatic carbocycles. The molecule has 0 radical (unpaired) electrons. The van der Waals surface area contributed by atoms with E-state index in [9.17, 15) is 40.2 Å². The number of rotatable bonds is 24. The number of hydrogen-bond donors (Lipinski definition) is 4. The number of carbonyl (C=O) groups is 2. The summed E-state index contributed by atoms with van der Waals surface area (Å²) in [7, 11) is 0. The largest absolute Gasteiger partial charge is 2.00 e. The van der Waals surface area contributed by atoms with E-state index >= 15 is 0 Å². The van der Waals surface area contributed by atoms with E-state index in [1.54, 1.807) is 0 Å². The number of phenolic OH excluding ortho intramolecular Hbond substituents is 2. The maximum Gasteiger partial charge on any atom is 2.00 e. The number of aliphatic imine (C=N–C) groups is 2. The zero-order valence-electron chi connectivity index (χ0n) is 40.8. The monoisotopic (exact) mass is 950 g/mol. The Hall–Kier alpha value is -5.15. The molecule has 0 amide bonds. The van der Waals surface area contributed by atoms with Crippen molar-refractivity contribution in [2.75, 3.05) is 0 Å². The molecule has 4 N–H and O–H groups in total. The Morgan fingerprint density at radius 1 is 0.455 bits per heavy atom. The van der Waals surface area contributed by atoms with Crippen LogP contribution in [0.1, 0.15) is 193 Å². The first-order valence-corrected chi connectivity index (χ1v) is 24.1.